The highest BCUT2D eigenvalue weighted by molar-refractivity contribution is 5.91. The standard InChI is InChI=1S/C18H23N3O4/c1-23-11-10-21(13-14-6-8-19-9-7-14)18(22)20-16-5-4-15(24-2)12-17(16)25-3/h4-9,12H,10-11,13H2,1-3H3,(H,20,22). The largest absolute Gasteiger partial charge is 0.497 e. The van der Waals surface area contributed by atoms with Gasteiger partial charge in [-0.3, -0.25) is 4.98 Å². The first-order valence-corrected chi connectivity index (χ1v) is 7.83. The summed E-state index contributed by atoms with van der Waals surface area (Å²) in [5.41, 5.74) is 1.56. The zero-order valence-electron chi connectivity index (χ0n) is 14.7. The first kappa shape index (κ1) is 18.5. The number of nitrogens with one attached hydrogen (secondary N) is 1. The van der Waals surface area contributed by atoms with Crippen molar-refractivity contribution in [1.82, 2.24) is 9.88 Å². The minimum atomic E-state index is -0.239. The highest BCUT2D eigenvalue weighted by Gasteiger charge is 2.16. The molecule has 0 radical (unpaired) electrons. The molecular weight excluding hydrogens is 322 g/mol. The quantitative estimate of drug-likeness (QED) is 0.796. The van der Waals surface area contributed by atoms with E-state index < -0.39 is 0 Å². The van der Waals surface area contributed by atoms with Gasteiger partial charge < -0.3 is 24.4 Å². The van der Waals surface area contributed by atoms with Gasteiger partial charge in [0, 0.05) is 38.7 Å². The molecule has 7 nitrogen and oxygen atoms in total. The van der Waals surface area contributed by atoms with E-state index in [0.717, 1.165) is 5.56 Å². The molecule has 0 bridgehead atoms. The van der Waals surface area contributed by atoms with E-state index >= 15 is 0 Å². The lowest BCUT2D eigenvalue weighted by molar-refractivity contribution is 0.152. The molecule has 2 amide bonds. The number of urea groups is 1. The summed E-state index contributed by atoms with van der Waals surface area (Å²) in [6.45, 7) is 1.36. The Morgan fingerprint density at radius 2 is 1.88 bits per heavy atom. The maximum absolute atomic E-state index is 12.7. The third kappa shape index (κ3) is 5.36. The Labute approximate surface area is 147 Å². The van der Waals surface area contributed by atoms with Crippen molar-refractivity contribution in [3.05, 3.63) is 48.3 Å². The fourth-order valence-corrected chi connectivity index (χ4v) is 2.26. The molecule has 0 unspecified atom stereocenters. The molecule has 25 heavy (non-hydrogen) atoms. The van der Waals surface area contributed by atoms with E-state index in [9.17, 15) is 4.79 Å². The first-order valence-electron chi connectivity index (χ1n) is 7.83. The van der Waals surface area contributed by atoms with Crippen LogP contribution in [0.15, 0.2) is 42.7 Å². The molecule has 0 aliphatic rings. The highest BCUT2D eigenvalue weighted by atomic mass is 16.5. The molecule has 0 saturated heterocycles. The van der Waals surface area contributed by atoms with Crippen LogP contribution in [0.1, 0.15) is 5.56 Å². The molecule has 0 atom stereocenters. The van der Waals surface area contributed by atoms with E-state index in [2.05, 4.69) is 10.3 Å². The van der Waals surface area contributed by atoms with Crippen LogP contribution in [-0.2, 0) is 11.3 Å². The van der Waals surface area contributed by atoms with Gasteiger partial charge in [0.15, 0.2) is 0 Å². The predicted molar refractivity (Wildman–Crippen MR) is 95.1 cm³/mol. The van der Waals surface area contributed by atoms with E-state index in [4.69, 9.17) is 14.2 Å². The second-order valence-corrected chi connectivity index (χ2v) is 5.27. The molecule has 0 saturated carbocycles. The predicted octanol–water partition coefficient (Wildman–Crippen LogP) is 2.78. The Morgan fingerprint density at radius 3 is 2.52 bits per heavy atom. The summed E-state index contributed by atoms with van der Waals surface area (Å²) in [5.74, 6) is 1.19. The van der Waals surface area contributed by atoms with Gasteiger partial charge >= 0.3 is 6.03 Å². The van der Waals surface area contributed by atoms with Gasteiger partial charge in [-0.15, -0.1) is 0 Å². The van der Waals surface area contributed by atoms with Crippen LogP contribution in [0, 0.1) is 0 Å². The van der Waals surface area contributed by atoms with Gasteiger partial charge in [0.05, 0.1) is 26.5 Å². The van der Waals surface area contributed by atoms with Crippen LogP contribution in [0.3, 0.4) is 0 Å². The van der Waals surface area contributed by atoms with Gasteiger partial charge in [0.2, 0.25) is 0 Å². The number of carbonyl (C=O) groups excluding carboxylic acids is 1. The van der Waals surface area contributed by atoms with Gasteiger partial charge in [-0.05, 0) is 29.8 Å². The molecule has 0 aliphatic carbocycles. The minimum Gasteiger partial charge on any atom is -0.497 e. The van der Waals surface area contributed by atoms with Crippen LogP contribution in [-0.4, -0.2) is 50.4 Å². The van der Waals surface area contributed by atoms with Crippen molar-refractivity contribution in [2.75, 3.05) is 39.8 Å². The summed E-state index contributed by atoms with van der Waals surface area (Å²) in [6.07, 6.45) is 3.41. The topological polar surface area (TPSA) is 72.9 Å². The van der Waals surface area contributed by atoms with E-state index in [-0.39, 0.29) is 6.03 Å². The number of ether oxygens (including phenoxy) is 3. The normalized spacial score (nSPS) is 10.2. The molecular formula is C18H23N3O4. The molecule has 1 N–H and O–H groups in total. The van der Waals surface area contributed by atoms with Crippen molar-refractivity contribution in [3.8, 4) is 11.5 Å². The van der Waals surface area contributed by atoms with Gasteiger partial charge in [-0.25, -0.2) is 4.79 Å². The van der Waals surface area contributed by atoms with Crippen LogP contribution in [0.4, 0.5) is 10.5 Å². The van der Waals surface area contributed by atoms with Crippen LogP contribution >= 0.6 is 0 Å². The number of nitrogens with zero attached hydrogens (tertiary/aromatic N) is 2. The average Bonchev–Trinajstić information content (AvgIpc) is 2.66. The van der Waals surface area contributed by atoms with Crippen molar-refractivity contribution < 1.29 is 19.0 Å². The van der Waals surface area contributed by atoms with Crippen molar-refractivity contribution in [1.29, 1.82) is 0 Å². The summed E-state index contributed by atoms with van der Waals surface area (Å²) >= 11 is 0. The fourth-order valence-electron chi connectivity index (χ4n) is 2.26. The molecule has 134 valence electrons. The summed E-state index contributed by atoms with van der Waals surface area (Å²) in [6, 6.07) is 8.74. The zero-order chi connectivity index (χ0) is 18.1. The number of hydrogen-bond acceptors (Lipinski definition) is 5. The lowest BCUT2D eigenvalue weighted by Gasteiger charge is -2.23. The van der Waals surface area contributed by atoms with E-state index in [1.54, 1.807) is 56.8 Å². The van der Waals surface area contributed by atoms with Gasteiger partial charge in [-0.2, -0.15) is 0 Å². The monoisotopic (exact) mass is 345 g/mol. The summed E-state index contributed by atoms with van der Waals surface area (Å²) in [5, 5.41) is 2.88. The van der Waals surface area contributed by atoms with Crippen molar-refractivity contribution in [2.24, 2.45) is 0 Å². The Bertz CT molecular complexity index is 679. The number of carbonyl (C=O) groups is 1. The smallest absolute Gasteiger partial charge is 0.322 e. The lowest BCUT2D eigenvalue weighted by Crippen LogP contribution is -2.36. The Hall–Kier alpha value is -2.80. The summed E-state index contributed by atoms with van der Waals surface area (Å²) in [4.78, 5) is 18.4. The van der Waals surface area contributed by atoms with Crippen molar-refractivity contribution in [2.45, 2.75) is 6.54 Å². The molecule has 1 aromatic heterocycles. The highest BCUT2D eigenvalue weighted by Crippen LogP contribution is 2.29. The van der Waals surface area contributed by atoms with Crippen LogP contribution < -0.4 is 14.8 Å². The first-order chi connectivity index (χ1) is 12.2. The SMILES string of the molecule is COCCN(Cc1ccncc1)C(=O)Nc1ccc(OC)cc1OC. The van der Waals surface area contributed by atoms with E-state index in [0.29, 0.717) is 36.9 Å². The zero-order valence-corrected chi connectivity index (χ0v) is 14.7. The third-order valence-electron chi connectivity index (χ3n) is 3.63. The third-order valence-corrected chi connectivity index (χ3v) is 3.63. The average molecular weight is 345 g/mol. The minimum absolute atomic E-state index is 0.239. The number of methoxy groups -OCH3 is 3. The molecule has 0 spiro atoms. The summed E-state index contributed by atoms with van der Waals surface area (Å²) in [7, 11) is 4.73. The number of hydrogen-bond donors (Lipinski definition) is 1. The number of anilines is 1. The number of benzene rings is 1. The Balaban J connectivity index is 2.13. The molecule has 0 fully saturated rings. The van der Waals surface area contributed by atoms with Gasteiger partial charge in [0.25, 0.3) is 0 Å². The number of rotatable bonds is 8. The van der Waals surface area contributed by atoms with E-state index in [1.165, 1.54) is 0 Å². The number of aromatic nitrogens is 1. The second-order valence-electron chi connectivity index (χ2n) is 5.27. The molecule has 1 aromatic carbocycles. The molecule has 2 aromatic rings. The van der Waals surface area contributed by atoms with E-state index in [1.807, 2.05) is 12.1 Å². The molecule has 2 rings (SSSR count). The fraction of sp³-hybridized carbons (Fsp3) is 0.333. The number of amides is 2. The van der Waals surface area contributed by atoms with Crippen LogP contribution in [0.2, 0.25) is 0 Å². The van der Waals surface area contributed by atoms with Crippen LogP contribution in [0.5, 0.6) is 11.5 Å². The van der Waals surface area contributed by atoms with Gasteiger partial charge in [0.1, 0.15) is 11.5 Å². The van der Waals surface area contributed by atoms with Crippen molar-refractivity contribution >= 4 is 11.7 Å². The van der Waals surface area contributed by atoms with Crippen LogP contribution in [0.25, 0.3) is 0 Å². The van der Waals surface area contributed by atoms with Gasteiger partial charge in [-0.1, -0.05) is 0 Å². The molecule has 7 heteroatoms. The second kappa shape index (κ2) is 9.48. The van der Waals surface area contributed by atoms with Crippen molar-refractivity contribution in [3.63, 3.8) is 0 Å². The lowest BCUT2D eigenvalue weighted by atomic mass is 10.2. The number of pyridine rings is 1. The maximum Gasteiger partial charge on any atom is 0.322 e. The molecule has 1 heterocycles. The Morgan fingerprint density at radius 1 is 1.12 bits per heavy atom. The maximum atomic E-state index is 12.7. The Kier molecular flexibility index (Phi) is 7.03. The summed E-state index contributed by atoms with van der Waals surface area (Å²) < 4.78 is 15.6. The molecule has 0 aliphatic heterocycles.